The number of nitrogens with one attached hydrogen (secondary N) is 3. The zero-order valence-corrected chi connectivity index (χ0v) is 12.4. The maximum atomic E-state index is 11.7. The van der Waals surface area contributed by atoms with E-state index in [1.807, 2.05) is 6.07 Å². The fourth-order valence-electron chi connectivity index (χ4n) is 3.41. The van der Waals surface area contributed by atoms with Crippen LogP contribution in [0.15, 0.2) is 47.3 Å². The lowest BCUT2D eigenvalue weighted by Crippen LogP contribution is -2.08. The van der Waals surface area contributed by atoms with E-state index in [0.29, 0.717) is 5.92 Å². The summed E-state index contributed by atoms with van der Waals surface area (Å²) in [5, 5.41) is 3.41. The van der Waals surface area contributed by atoms with Crippen LogP contribution in [0.5, 0.6) is 0 Å². The number of hydrogen-bond donors (Lipinski definition) is 3. The first kappa shape index (κ1) is 13.3. The van der Waals surface area contributed by atoms with Crippen LogP contribution in [0.4, 0.5) is 0 Å². The van der Waals surface area contributed by atoms with Gasteiger partial charge in [0.25, 0.3) is 0 Å². The molecule has 0 bridgehead atoms. The van der Waals surface area contributed by atoms with Crippen molar-refractivity contribution in [3.8, 4) is 0 Å². The fraction of sp³-hybridized carbons (Fsp3) is 0.278. The summed E-state index contributed by atoms with van der Waals surface area (Å²) in [6.07, 6.45) is 2.01. The fourth-order valence-corrected chi connectivity index (χ4v) is 3.41. The van der Waals surface area contributed by atoms with Gasteiger partial charge in [0.15, 0.2) is 0 Å². The molecule has 1 unspecified atom stereocenters. The van der Waals surface area contributed by atoms with Gasteiger partial charge in [-0.25, -0.2) is 4.79 Å². The minimum atomic E-state index is -0.126. The van der Waals surface area contributed by atoms with Gasteiger partial charge in [0.05, 0.1) is 11.0 Å². The average molecular weight is 293 g/mol. The normalized spacial score (nSPS) is 18.1. The first-order valence-electron chi connectivity index (χ1n) is 7.79. The molecule has 112 valence electrons. The van der Waals surface area contributed by atoms with E-state index < -0.39 is 0 Å². The van der Waals surface area contributed by atoms with Crippen LogP contribution in [0.2, 0.25) is 0 Å². The standard InChI is InChI=1S/C18H19N3O/c22-18-20-16-10-13(8-12-4-2-1-3-5-12)9-15(17(16)21-18)14-6-7-19-11-14/h1-5,9-10,14,19H,6-8,11H2,(H2,20,21,22). The average Bonchev–Trinajstić information content (AvgIpc) is 3.16. The summed E-state index contributed by atoms with van der Waals surface area (Å²) in [4.78, 5) is 17.6. The third kappa shape index (κ3) is 2.46. The molecule has 0 radical (unpaired) electrons. The highest BCUT2D eigenvalue weighted by Crippen LogP contribution is 2.29. The number of hydrogen-bond acceptors (Lipinski definition) is 2. The van der Waals surface area contributed by atoms with Gasteiger partial charge < -0.3 is 15.3 Å². The van der Waals surface area contributed by atoms with Crippen LogP contribution in [0.25, 0.3) is 11.0 Å². The molecule has 3 aromatic rings. The van der Waals surface area contributed by atoms with Crippen molar-refractivity contribution in [2.45, 2.75) is 18.8 Å². The lowest BCUT2D eigenvalue weighted by Gasteiger charge is -2.12. The van der Waals surface area contributed by atoms with Crippen LogP contribution in [0, 0.1) is 0 Å². The van der Waals surface area contributed by atoms with Crippen molar-refractivity contribution in [1.82, 2.24) is 15.3 Å². The van der Waals surface area contributed by atoms with E-state index >= 15 is 0 Å². The third-order valence-corrected chi connectivity index (χ3v) is 4.47. The molecule has 4 heteroatoms. The molecule has 2 heterocycles. The van der Waals surface area contributed by atoms with Gasteiger partial charge in [-0.05, 0) is 48.1 Å². The summed E-state index contributed by atoms with van der Waals surface area (Å²) in [6, 6.07) is 14.8. The van der Waals surface area contributed by atoms with Crippen molar-refractivity contribution < 1.29 is 0 Å². The Morgan fingerprint density at radius 3 is 2.68 bits per heavy atom. The van der Waals surface area contributed by atoms with E-state index in [4.69, 9.17) is 0 Å². The molecule has 3 N–H and O–H groups in total. The van der Waals surface area contributed by atoms with Gasteiger partial charge in [-0.1, -0.05) is 36.4 Å². The molecule has 0 spiro atoms. The van der Waals surface area contributed by atoms with Crippen LogP contribution >= 0.6 is 0 Å². The highest BCUT2D eigenvalue weighted by Gasteiger charge is 2.20. The molecule has 0 amide bonds. The molecule has 1 aromatic heterocycles. The number of fused-ring (bicyclic) bond motifs is 1. The van der Waals surface area contributed by atoms with Gasteiger partial charge in [-0.2, -0.15) is 0 Å². The Kier molecular flexibility index (Phi) is 3.31. The lowest BCUT2D eigenvalue weighted by atomic mass is 9.93. The number of imidazole rings is 1. The smallest absolute Gasteiger partial charge is 0.316 e. The van der Waals surface area contributed by atoms with Crippen LogP contribution in [-0.2, 0) is 6.42 Å². The number of aromatic nitrogens is 2. The molecular formula is C18H19N3O. The third-order valence-electron chi connectivity index (χ3n) is 4.47. The van der Waals surface area contributed by atoms with Gasteiger partial charge in [0.2, 0.25) is 0 Å². The van der Waals surface area contributed by atoms with E-state index in [0.717, 1.165) is 37.0 Å². The molecule has 1 fully saturated rings. The Labute approximate surface area is 128 Å². The molecule has 0 aliphatic carbocycles. The van der Waals surface area contributed by atoms with Crippen molar-refractivity contribution >= 4 is 11.0 Å². The highest BCUT2D eigenvalue weighted by molar-refractivity contribution is 5.80. The Hall–Kier alpha value is -2.33. The van der Waals surface area contributed by atoms with E-state index in [1.54, 1.807) is 0 Å². The Balaban J connectivity index is 1.80. The van der Waals surface area contributed by atoms with Crippen LogP contribution in [0.3, 0.4) is 0 Å². The molecule has 0 saturated carbocycles. The summed E-state index contributed by atoms with van der Waals surface area (Å²) in [6.45, 7) is 2.03. The minimum Gasteiger partial charge on any atom is -0.316 e. The van der Waals surface area contributed by atoms with Crippen molar-refractivity contribution in [2.24, 2.45) is 0 Å². The van der Waals surface area contributed by atoms with Gasteiger partial charge in [0.1, 0.15) is 0 Å². The Morgan fingerprint density at radius 1 is 1.05 bits per heavy atom. The molecule has 1 aliphatic rings. The maximum absolute atomic E-state index is 11.7. The maximum Gasteiger partial charge on any atom is 0.323 e. The number of H-pyrrole nitrogens is 2. The molecule has 22 heavy (non-hydrogen) atoms. The zero-order chi connectivity index (χ0) is 14.9. The second-order valence-electron chi connectivity index (χ2n) is 6.04. The van der Waals surface area contributed by atoms with Gasteiger partial charge in [-0.15, -0.1) is 0 Å². The molecule has 4 nitrogen and oxygen atoms in total. The minimum absolute atomic E-state index is 0.126. The molecule has 1 aliphatic heterocycles. The topological polar surface area (TPSA) is 60.7 Å². The van der Waals surface area contributed by atoms with E-state index in [2.05, 4.69) is 51.7 Å². The monoisotopic (exact) mass is 293 g/mol. The molecular weight excluding hydrogens is 274 g/mol. The SMILES string of the molecule is O=c1[nH]c2cc(Cc3ccccc3)cc(C3CCNC3)c2[nH]1. The quantitative estimate of drug-likeness (QED) is 0.695. The number of aromatic amines is 2. The molecule has 4 rings (SSSR count). The number of rotatable bonds is 3. The summed E-state index contributed by atoms with van der Waals surface area (Å²) in [5.74, 6) is 0.477. The van der Waals surface area contributed by atoms with Crippen molar-refractivity contribution in [1.29, 1.82) is 0 Å². The van der Waals surface area contributed by atoms with Crippen molar-refractivity contribution in [3.05, 3.63) is 69.6 Å². The summed E-state index contributed by atoms with van der Waals surface area (Å²) >= 11 is 0. The molecule has 1 saturated heterocycles. The predicted octanol–water partition coefficient (Wildman–Crippen LogP) is 2.52. The van der Waals surface area contributed by atoms with Crippen LogP contribution in [-0.4, -0.2) is 23.1 Å². The predicted molar refractivity (Wildman–Crippen MR) is 88.4 cm³/mol. The Bertz CT molecular complexity index is 842. The summed E-state index contributed by atoms with van der Waals surface area (Å²) in [7, 11) is 0. The molecule has 2 aromatic carbocycles. The highest BCUT2D eigenvalue weighted by atomic mass is 16.1. The van der Waals surface area contributed by atoms with E-state index in [1.165, 1.54) is 16.7 Å². The van der Waals surface area contributed by atoms with Gasteiger partial charge >= 0.3 is 5.69 Å². The van der Waals surface area contributed by atoms with Crippen LogP contribution in [0.1, 0.15) is 29.0 Å². The van der Waals surface area contributed by atoms with Crippen molar-refractivity contribution in [2.75, 3.05) is 13.1 Å². The molecule has 1 atom stereocenters. The van der Waals surface area contributed by atoms with Crippen LogP contribution < -0.4 is 11.0 Å². The first-order chi connectivity index (χ1) is 10.8. The van der Waals surface area contributed by atoms with Gasteiger partial charge in [-0.3, -0.25) is 0 Å². The summed E-state index contributed by atoms with van der Waals surface area (Å²) < 4.78 is 0. The zero-order valence-electron chi connectivity index (χ0n) is 12.4. The summed E-state index contributed by atoms with van der Waals surface area (Å²) in [5.41, 5.74) is 5.55. The second kappa shape index (κ2) is 5.46. The van der Waals surface area contributed by atoms with Crippen molar-refractivity contribution in [3.63, 3.8) is 0 Å². The second-order valence-corrected chi connectivity index (χ2v) is 6.04. The van der Waals surface area contributed by atoms with E-state index in [-0.39, 0.29) is 5.69 Å². The van der Waals surface area contributed by atoms with Gasteiger partial charge in [0, 0.05) is 6.54 Å². The Morgan fingerprint density at radius 2 is 1.91 bits per heavy atom. The van der Waals surface area contributed by atoms with E-state index in [9.17, 15) is 4.79 Å². The largest absolute Gasteiger partial charge is 0.323 e. The first-order valence-corrected chi connectivity index (χ1v) is 7.79. The number of benzene rings is 2. The lowest BCUT2D eigenvalue weighted by molar-refractivity contribution is 0.767.